The molecule has 75 heavy (non-hydrogen) atoms. The molecule has 0 N–H and O–H groups in total. The summed E-state index contributed by atoms with van der Waals surface area (Å²) in [5, 5.41) is 31.1. The Hall–Kier alpha value is -4.89. The first-order valence-corrected chi connectivity index (χ1v) is 31.0. The van der Waals surface area contributed by atoms with Crippen LogP contribution in [0.5, 0.6) is 17.6 Å². The first kappa shape index (κ1) is 62.6. The fourth-order valence-electron chi connectivity index (χ4n) is 10.2. The lowest BCUT2D eigenvalue weighted by Crippen LogP contribution is -2.08. The zero-order chi connectivity index (χ0) is 53.2. The Morgan fingerprint density at radius 3 is 0.573 bits per heavy atom. The van der Waals surface area contributed by atoms with Gasteiger partial charge in [-0.2, -0.15) is 15.8 Å². The van der Waals surface area contributed by atoms with E-state index < -0.39 is 0 Å². The molecule has 0 bridgehead atoms. The van der Waals surface area contributed by atoms with Gasteiger partial charge in [0.05, 0.1) is 19.8 Å². The van der Waals surface area contributed by atoms with Gasteiger partial charge in [0.25, 0.3) is 17.6 Å². The summed E-state index contributed by atoms with van der Waals surface area (Å²) >= 11 is 0. The molecule has 0 radical (unpaired) electrons. The predicted molar refractivity (Wildman–Crippen MR) is 307 cm³/mol. The van der Waals surface area contributed by atoms with Crippen LogP contribution in [0, 0.1) is 34.0 Å². The minimum Gasteiger partial charge on any atom is -0.476 e. The molecule has 1 aromatic carbocycles. The topological polar surface area (TPSA) is 176 Å². The van der Waals surface area contributed by atoms with E-state index >= 15 is 0 Å². The van der Waals surface area contributed by atoms with E-state index in [0.717, 1.165) is 57.8 Å². The van der Waals surface area contributed by atoms with Crippen molar-refractivity contribution in [2.75, 3.05) is 19.8 Å². The summed E-state index contributed by atoms with van der Waals surface area (Å²) in [6.45, 7) is 7.95. The SMILES string of the molecule is CCCCCCCCCCCCCCCCOc1nc2c(nc1C#N)c1nc(OCCCCCCCCCCCCCCCC)c(C#N)nc1c1nc(OCCCCCCCCCCCCCCCC)c(C#N)nc21. The van der Waals surface area contributed by atoms with Gasteiger partial charge in [-0.05, 0) is 19.3 Å². The Labute approximate surface area is 454 Å². The minimum atomic E-state index is 0.00568. The fourth-order valence-corrected chi connectivity index (χ4v) is 10.2. The molecule has 3 heterocycles. The van der Waals surface area contributed by atoms with Crippen LogP contribution in [0.4, 0.5) is 0 Å². The lowest BCUT2D eigenvalue weighted by molar-refractivity contribution is 0.291. The molecule has 0 saturated carbocycles. The van der Waals surface area contributed by atoms with Gasteiger partial charge in [-0.3, -0.25) is 0 Å². The molecule has 0 aliphatic carbocycles. The maximum Gasteiger partial charge on any atom is 0.251 e. The van der Waals surface area contributed by atoms with Crippen molar-refractivity contribution in [3.05, 3.63) is 17.1 Å². The third kappa shape index (κ3) is 24.8. The summed E-state index contributed by atoms with van der Waals surface area (Å²) in [5.41, 5.74) is 1.55. The summed E-state index contributed by atoms with van der Waals surface area (Å²) in [6, 6.07) is 6.53. The van der Waals surface area contributed by atoms with Crippen LogP contribution in [-0.4, -0.2) is 49.7 Å². The maximum atomic E-state index is 10.4. The monoisotopic (exact) mass is 1030 g/mol. The lowest BCUT2D eigenvalue weighted by atomic mass is 10.0. The van der Waals surface area contributed by atoms with E-state index in [4.69, 9.17) is 44.1 Å². The van der Waals surface area contributed by atoms with Crippen molar-refractivity contribution in [2.24, 2.45) is 0 Å². The summed E-state index contributed by atoms with van der Waals surface area (Å²) in [4.78, 5) is 28.9. The number of nitrogens with zero attached hydrogens (tertiary/aromatic N) is 9. The van der Waals surface area contributed by atoms with Gasteiger partial charge in [0, 0.05) is 0 Å². The molecular weight excluding hydrogens is 931 g/mol. The van der Waals surface area contributed by atoms with Crippen molar-refractivity contribution in [1.82, 2.24) is 29.9 Å². The highest BCUT2D eigenvalue weighted by molar-refractivity contribution is 6.18. The molecule has 0 saturated heterocycles. The highest BCUT2D eigenvalue weighted by Crippen LogP contribution is 2.35. The molecule has 0 aliphatic heterocycles. The molecular formula is C63H99N9O3. The van der Waals surface area contributed by atoms with Gasteiger partial charge in [0.1, 0.15) is 51.3 Å². The van der Waals surface area contributed by atoms with Crippen molar-refractivity contribution in [2.45, 2.75) is 290 Å². The van der Waals surface area contributed by atoms with E-state index in [2.05, 4.69) is 39.0 Å². The number of rotatable bonds is 48. The molecule has 3 aromatic heterocycles. The Balaban J connectivity index is 1.41. The summed E-state index contributed by atoms with van der Waals surface area (Å²) in [7, 11) is 0. The van der Waals surface area contributed by atoms with E-state index in [9.17, 15) is 15.8 Å². The number of ether oxygens (including phenoxy) is 3. The molecule has 0 amide bonds. The summed E-state index contributed by atoms with van der Waals surface area (Å²) < 4.78 is 18.5. The first-order chi connectivity index (χ1) is 37.1. The average molecular weight is 1030 g/mol. The van der Waals surface area contributed by atoms with Gasteiger partial charge in [-0.15, -0.1) is 0 Å². The van der Waals surface area contributed by atoms with Gasteiger partial charge in [0.2, 0.25) is 17.1 Å². The standard InChI is InChI=1S/C63H99N9O3/c1-4-7-10-13-16-19-22-25-28-31-34-37-40-43-46-73-61-52(49-64)67-55-58(70-61)56-60(72-62(53(50-65)68-56)74-47-44-41-38-35-32-29-26-23-20-17-14-11-8-5-2)57-59(55)71-63(54(51-66)69-57)75-48-45-42-39-36-33-30-27-24-21-18-15-12-9-6-3/h4-48H2,1-3H3. The number of benzene rings is 1. The van der Waals surface area contributed by atoms with Crippen molar-refractivity contribution >= 4 is 33.1 Å². The van der Waals surface area contributed by atoms with E-state index in [0.29, 0.717) is 19.8 Å². The zero-order valence-corrected chi connectivity index (χ0v) is 47.6. The van der Waals surface area contributed by atoms with Gasteiger partial charge in [-0.1, -0.05) is 271 Å². The van der Waals surface area contributed by atoms with Crippen LogP contribution in [0.3, 0.4) is 0 Å². The second kappa shape index (κ2) is 41.3. The number of fused-ring (bicyclic) bond motifs is 6. The molecule has 4 aromatic rings. The predicted octanol–water partition coefficient (Wildman–Crippen LogP) is 18.7. The largest absolute Gasteiger partial charge is 0.476 e. The lowest BCUT2D eigenvalue weighted by Gasteiger charge is -2.14. The number of aromatic nitrogens is 6. The molecule has 0 spiro atoms. The van der Waals surface area contributed by atoms with E-state index in [1.165, 1.54) is 212 Å². The normalized spacial score (nSPS) is 11.4. The number of nitriles is 3. The molecule has 0 atom stereocenters. The molecule has 0 unspecified atom stereocenters. The zero-order valence-electron chi connectivity index (χ0n) is 47.6. The van der Waals surface area contributed by atoms with Gasteiger partial charge in [-0.25, -0.2) is 29.9 Å². The van der Waals surface area contributed by atoms with Crippen LogP contribution in [0.1, 0.15) is 308 Å². The Morgan fingerprint density at radius 1 is 0.240 bits per heavy atom. The molecule has 12 nitrogen and oxygen atoms in total. The van der Waals surface area contributed by atoms with Crippen molar-refractivity contribution in [3.63, 3.8) is 0 Å². The number of hydrogen-bond acceptors (Lipinski definition) is 12. The second-order valence-electron chi connectivity index (χ2n) is 21.4. The Morgan fingerprint density at radius 2 is 0.400 bits per heavy atom. The maximum absolute atomic E-state index is 10.4. The van der Waals surface area contributed by atoms with E-state index in [1.807, 2.05) is 0 Å². The summed E-state index contributed by atoms with van der Waals surface area (Å²) in [6.07, 6.45) is 52.7. The van der Waals surface area contributed by atoms with Crippen LogP contribution in [0.15, 0.2) is 0 Å². The van der Waals surface area contributed by atoms with Crippen molar-refractivity contribution in [3.8, 4) is 35.8 Å². The van der Waals surface area contributed by atoms with Crippen LogP contribution >= 0.6 is 0 Å². The van der Waals surface area contributed by atoms with Gasteiger partial charge >= 0.3 is 0 Å². The fraction of sp³-hybridized carbons (Fsp3) is 0.762. The van der Waals surface area contributed by atoms with Crippen LogP contribution in [0.2, 0.25) is 0 Å². The highest BCUT2D eigenvalue weighted by Gasteiger charge is 2.24. The minimum absolute atomic E-state index is 0.00568. The Bertz CT molecular complexity index is 2000. The van der Waals surface area contributed by atoms with Gasteiger partial charge in [0.15, 0.2) is 0 Å². The molecule has 4 rings (SSSR count). The number of hydrogen-bond donors (Lipinski definition) is 0. The third-order valence-electron chi connectivity index (χ3n) is 14.8. The van der Waals surface area contributed by atoms with Crippen molar-refractivity contribution < 1.29 is 14.2 Å². The molecule has 12 heteroatoms. The molecule has 0 aliphatic rings. The van der Waals surface area contributed by atoms with E-state index in [1.54, 1.807) is 0 Å². The quantitative estimate of drug-likeness (QED) is 0.0303. The smallest absolute Gasteiger partial charge is 0.251 e. The molecule has 0 fully saturated rings. The van der Waals surface area contributed by atoms with Crippen LogP contribution in [0.25, 0.3) is 33.1 Å². The van der Waals surface area contributed by atoms with Gasteiger partial charge < -0.3 is 14.2 Å². The van der Waals surface area contributed by atoms with Crippen LogP contribution < -0.4 is 14.2 Å². The average Bonchev–Trinajstić information content (AvgIpc) is 3.43. The first-order valence-electron chi connectivity index (χ1n) is 31.0. The third-order valence-corrected chi connectivity index (χ3v) is 14.8. The van der Waals surface area contributed by atoms with E-state index in [-0.39, 0.29) is 67.8 Å². The Kier molecular flexibility index (Phi) is 34.5. The number of unbranched alkanes of at least 4 members (excludes halogenated alkanes) is 39. The second-order valence-corrected chi connectivity index (χ2v) is 21.4. The molecule has 414 valence electrons. The van der Waals surface area contributed by atoms with Crippen LogP contribution in [-0.2, 0) is 0 Å². The highest BCUT2D eigenvalue weighted by atomic mass is 16.5. The summed E-state index contributed by atoms with van der Waals surface area (Å²) in [5.74, 6) is 0.277. The van der Waals surface area contributed by atoms with Crippen molar-refractivity contribution in [1.29, 1.82) is 15.8 Å².